The molecule has 0 unspecified atom stereocenters. The number of nitrogen functional groups attached to an aromatic ring is 1. The first-order valence-corrected chi connectivity index (χ1v) is 8.21. The zero-order chi connectivity index (χ0) is 14.8. The highest BCUT2D eigenvalue weighted by molar-refractivity contribution is 7.91. The molecule has 0 aliphatic carbocycles. The zero-order valence-electron chi connectivity index (χ0n) is 11.2. The summed E-state index contributed by atoms with van der Waals surface area (Å²) in [6, 6.07) is 8.57. The van der Waals surface area contributed by atoms with E-state index in [2.05, 4.69) is 4.72 Å². The molecule has 2 rings (SSSR count). The molecular formula is C13H16N2O3S2. The lowest BCUT2D eigenvalue weighted by Crippen LogP contribution is -2.22. The summed E-state index contributed by atoms with van der Waals surface area (Å²) in [5, 5.41) is 0. The highest BCUT2D eigenvalue weighted by Gasteiger charge is 2.15. The summed E-state index contributed by atoms with van der Waals surface area (Å²) in [7, 11) is -1.93. The van der Waals surface area contributed by atoms with Gasteiger partial charge in [-0.3, -0.25) is 0 Å². The van der Waals surface area contributed by atoms with Gasteiger partial charge in [0.05, 0.1) is 12.8 Å². The van der Waals surface area contributed by atoms with Crippen molar-refractivity contribution in [2.24, 2.45) is 0 Å². The number of benzene rings is 1. The monoisotopic (exact) mass is 312 g/mol. The van der Waals surface area contributed by atoms with Crippen LogP contribution in [0.4, 0.5) is 5.69 Å². The second kappa shape index (κ2) is 5.82. The fourth-order valence-electron chi connectivity index (χ4n) is 1.70. The Kier molecular flexibility index (Phi) is 4.32. The molecular weight excluding hydrogens is 296 g/mol. The minimum Gasteiger partial charge on any atom is -0.495 e. The number of nitrogens with one attached hydrogen (secondary N) is 1. The van der Waals surface area contributed by atoms with Crippen LogP contribution in [0, 0.1) is 6.92 Å². The Balaban J connectivity index is 2.10. The molecule has 1 aromatic carbocycles. The van der Waals surface area contributed by atoms with Crippen molar-refractivity contribution >= 4 is 27.0 Å². The number of hydrogen-bond donors (Lipinski definition) is 2. The second-order valence-corrected chi connectivity index (χ2v) is 7.55. The number of ether oxygens (including phenoxy) is 1. The van der Waals surface area contributed by atoms with E-state index in [1.807, 2.05) is 6.92 Å². The van der Waals surface area contributed by atoms with Crippen LogP contribution in [-0.4, -0.2) is 15.5 Å². The van der Waals surface area contributed by atoms with Crippen LogP contribution in [0.15, 0.2) is 34.5 Å². The van der Waals surface area contributed by atoms with Crippen LogP contribution in [0.2, 0.25) is 0 Å². The Hall–Kier alpha value is -1.57. The third-order valence-corrected chi connectivity index (χ3v) is 5.63. The molecule has 0 aliphatic heterocycles. The number of thiophene rings is 1. The van der Waals surface area contributed by atoms with Crippen LogP contribution in [0.1, 0.15) is 10.4 Å². The number of sulfonamides is 1. The van der Waals surface area contributed by atoms with Gasteiger partial charge >= 0.3 is 0 Å². The molecule has 7 heteroatoms. The maximum absolute atomic E-state index is 12.1. The quantitative estimate of drug-likeness (QED) is 0.829. The number of hydrogen-bond acceptors (Lipinski definition) is 5. The van der Waals surface area contributed by atoms with Gasteiger partial charge in [-0.15, -0.1) is 11.3 Å². The van der Waals surface area contributed by atoms with E-state index in [1.165, 1.54) is 18.4 Å². The van der Waals surface area contributed by atoms with E-state index in [9.17, 15) is 8.42 Å². The number of rotatable bonds is 5. The SMILES string of the molecule is COc1ccc(CNS(=O)(=O)c2ccc(C)s2)cc1N. The molecule has 0 fully saturated rings. The smallest absolute Gasteiger partial charge is 0.250 e. The molecule has 1 aromatic heterocycles. The Bertz CT molecular complexity index is 708. The van der Waals surface area contributed by atoms with Crippen molar-refractivity contribution in [3.8, 4) is 5.75 Å². The minimum atomic E-state index is -3.47. The average molecular weight is 312 g/mol. The summed E-state index contributed by atoms with van der Waals surface area (Å²) >= 11 is 1.24. The van der Waals surface area contributed by atoms with E-state index in [1.54, 1.807) is 30.3 Å². The Morgan fingerprint density at radius 3 is 2.60 bits per heavy atom. The second-order valence-electron chi connectivity index (χ2n) is 4.27. The summed E-state index contributed by atoms with van der Waals surface area (Å²) in [6.45, 7) is 2.06. The predicted octanol–water partition coefficient (Wildman–Crippen LogP) is 2.13. The third-order valence-electron chi connectivity index (χ3n) is 2.74. The number of anilines is 1. The van der Waals surface area contributed by atoms with Gasteiger partial charge in [-0.1, -0.05) is 6.07 Å². The Morgan fingerprint density at radius 1 is 1.30 bits per heavy atom. The molecule has 3 N–H and O–H groups in total. The largest absolute Gasteiger partial charge is 0.495 e. The van der Waals surface area contributed by atoms with E-state index in [-0.39, 0.29) is 6.54 Å². The molecule has 20 heavy (non-hydrogen) atoms. The minimum absolute atomic E-state index is 0.188. The van der Waals surface area contributed by atoms with Crippen molar-refractivity contribution in [1.29, 1.82) is 0 Å². The predicted molar refractivity (Wildman–Crippen MR) is 80.5 cm³/mol. The van der Waals surface area contributed by atoms with Crippen molar-refractivity contribution in [1.82, 2.24) is 4.72 Å². The van der Waals surface area contributed by atoms with Gasteiger partial charge in [0.2, 0.25) is 10.0 Å². The number of aryl methyl sites for hydroxylation is 1. The maximum atomic E-state index is 12.1. The molecule has 5 nitrogen and oxygen atoms in total. The third kappa shape index (κ3) is 3.30. The Labute approximate surface area is 122 Å². The van der Waals surface area contributed by atoms with Gasteiger partial charge in [0.1, 0.15) is 9.96 Å². The first kappa shape index (κ1) is 14.8. The van der Waals surface area contributed by atoms with Crippen LogP contribution in [0.25, 0.3) is 0 Å². The average Bonchev–Trinajstić information content (AvgIpc) is 2.84. The molecule has 0 aliphatic rings. The lowest BCUT2D eigenvalue weighted by molar-refractivity contribution is 0.417. The molecule has 0 saturated heterocycles. The number of nitrogens with two attached hydrogens (primary N) is 1. The molecule has 2 aromatic rings. The first-order valence-electron chi connectivity index (χ1n) is 5.91. The zero-order valence-corrected chi connectivity index (χ0v) is 12.8. The molecule has 0 bridgehead atoms. The van der Waals surface area contributed by atoms with Crippen molar-refractivity contribution in [3.05, 3.63) is 40.8 Å². The first-order chi connectivity index (χ1) is 9.42. The van der Waals surface area contributed by atoms with Crippen LogP contribution < -0.4 is 15.2 Å². The standard InChI is InChI=1S/C13H16N2O3S2/c1-9-3-6-13(19-9)20(16,17)15-8-10-4-5-12(18-2)11(14)7-10/h3-7,15H,8,14H2,1-2H3. The fraction of sp³-hybridized carbons (Fsp3) is 0.231. The van der Waals surface area contributed by atoms with Crippen LogP contribution in [-0.2, 0) is 16.6 Å². The van der Waals surface area contributed by atoms with Crippen molar-refractivity contribution in [2.45, 2.75) is 17.7 Å². The van der Waals surface area contributed by atoms with Gasteiger partial charge in [0.25, 0.3) is 0 Å². The summed E-state index contributed by atoms with van der Waals surface area (Å²) in [6.07, 6.45) is 0. The lowest BCUT2D eigenvalue weighted by atomic mass is 10.2. The molecule has 0 radical (unpaired) electrons. The summed E-state index contributed by atoms with van der Waals surface area (Å²) in [5.74, 6) is 0.575. The highest BCUT2D eigenvalue weighted by Crippen LogP contribution is 2.23. The van der Waals surface area contributed by atoms with Gasteiger partial charge in [0.15, 0.2) is 0 Å². The fourth-order valence-corrected chi connectivity index (χ4v) is 4.05. The molecule has 1 heterocycles. The molecule has 0 saturated carbocycles. The van der Waals surface area contributed by atoms with E-state index in [0.29, 0.717) is 15.6 Å². The van der Waals surface area contributed by atoms with Gasteiger partial charge in [-0.05, 0) is 36.8 Å². The maximum Gasteiger partial charge on any atom is 0.250 e. The summed E-state index contributed by atoms with van der Waals surface area (Å²) < 4.78 is 32.1. The van der Waals surface area contributed by atoms with Gasteiger partial charge in [-0.25, -0.2) is 13.1 Å². The van der Waals surface area contributed by atoms with Crippen LogP contribution >= 0.6 is 11.3 Å². The molecule has 0 spiro atoms. The molecule has 0 atom stereocenters. The van der Waals surface area contributed by atoms with Crippen molar-refractivity contribution < 1.29 is 13.2 Å². The van der Waals surface area contributed by atoms with E-state index in [4.69, 9.17) is 10.5 Å². The highest BCUT2D eigenvalue weighted by atomic mass is 32.2. The van der Waals surface area contributed by atoms with E-state index >= 15 is 0 Å². The normalized spacial score (nSPS) is 11.5. The van der Waals surface area contributed by atoms with Crippen molar-refractivity contribution in [2.75, 3.05) is 12.8 Å². The Morgan fingerprint density at radius 2 is 2.05 bits per heavy atom. The summed E-state index contributed by atoms with van der Waals surface area (Å²) in [5.41, 5.74) is 7.05. The molecule has 108 valence electrons. The molecule has 0 amide bonds. The summed E-state index contributed by atoms with van der Waals surface area (Å²) in [4.78, 5) is 0.957. The van der Waals surface area contributed by atoms with Crippen LogP contribution in [0.3, 0.4) is 0 Å². The lowest BCUT2D eigenvalue weighted by Gasteiger charge is -2.08. The van der Waals surface area contributed by atoms with Crippen molar-refractivity contribution in [3.63, 3.8) is 0 Å². The van der Waals surface area contributed by atoms with E-state index in [0.717, 1.165) is 10.4 Å². The van der Waals surface area contributed by atoms with E-state index < -0.39 is 10.0 Å². The van der Waals surface area contributed by atoms with Gasteiger partial charge in [-0.2, -0.15) is 0 Å². The van der Waals surface area contributed by atoms with Crippen LogP contribution in [0.5, 0.6) is 5.75 Å². The van der Waals surface area contributed by atoms with Gasteiger partial charge < -0.3 is 10.5 Å². The topological polar surface area (TPSA) is 81.4 Å². The number of methoxy groups -OCH3 is 1. The van der Waals surface area contributed by atoms with Gasteiger partial charge in [0, 0.05) is 11.4 Å².